The Hall–Kier alpha value is -1.90. The van der Waals surface area contributed by atoms with Crippen LogP contribution in [0.3, 0.4) is 0 Å². The fourth-order valence-corrected chi connectivity index (χ4v) is 2.38. The second-order valence-corrected chi connectivity index (χ2v) is 5.06. The molecular formula is C14H14N2O2S. The Morgan fingerprint density at radius 1 is 1.53 bits per heavy atom. The van der Waals surface area contributed by atoms with E-state index in [2.05, 4.69) is 16.9 Å². The van der Waals surface area contributed by atoms with Crippen molar-refractivity contribution in [2.24, 2.45) is 0 Å². The number of aryl methyl sites for hydroxylation is 1. The number of aliphatic hydroxyl groups is 1. The van der Waals surface area contributed by atoms with Gasteiger partial charge in [-0.05, 0) is 23.9 Å². The molecule has 2 heterocycles. The predicted octanol–water partition coefficient (Wildman–Crippen LogP) is 1.40. The van der Waals surface area contributed by atoms with Crippen LogP contribution in [0, 0.1) is 18.8 Å². The van der Waals surface area contributed by atoms with Crippen molar-refractivity contribution in [2.75, 3.05) is 6.61 Å². The maximum Gasteiger partial charge on any atom is 0.267 e. The van der Waals surface area contributed by atoms with Crippen LogP contribution >= 0.6 is 11.3 Å². The lowest BCUT2D eigenvalue weighted by molar-refractivity contribution is 0.305. The van der Waals surface area contributed by atoms with Crippen molar-refractivity contribution in [3.63, 3.8) is 0 Å². The largest absolute Gasteiger partial charge is 0.395 e. The highest BCUT2D eigenvalue weighted by atomic mass is 32.1. The first-order valence-electron chi connectivity index (χ1n) is 5.90. The van der Waals surface area contributed by atoms with E-state index in [0.29, 0.717) is 13.0 Å². The van der Waals surface area contributed by atoms with Crippen molar-refractivity contribution >= 4 is 11.3 Å². The third kappa shape index (κ3) is 3.53. The molecule has 0 amide bonds. The van der Waals surface area contributed by atoms with E-state index in [9.17, 15) is 4.79 Å². The number of hydrogen-bond acceptors (Lipinski definition) is 4. The monoisotopic (exact) mass is 274 g/mol. The van der Waals surface area contributed by atoms with Gasteiger partial charge >= 0.3 is 0 Å². The number of aliphatic hydroxyl groups excluding tert-OH is 1. The van der Waals surface area contributed by atoms with Crippen LogP contribution in [0.15, 0.2) is 28.5 Å². The Morgan fingerprint density at radius 3 is 3.11 bits per heavy atom. The second kappa shape index (κ2) is 6.32. The predicted molar refractivity (Wildman–Crippen MR) is 75.2 cm³/mol. The van der Waals surface area contributed by atoms with Gasteiger partial charge in [0.1, 0.15) is 0 Å². The quantitative estimate of drug-likeness (QED) is 0.861. The van der Waals surface area contributed by atoms with Gasteiger partial charge in [0.2, 0.25) is 0 Å². The molecule has 0 aliphatic heterocycles. The van der Waals surface area contributed by atoms with Crippen LogP contribution in [0.5, 0.6) is 0 Å². The van der Waals surface area contributed by atoms with E-state index in [1.165, 1.54) is 4.68 Å². The van der Waals surface area contributed by atoms with Crippen molar-refractivity contribution < 1.29 is 5.11 Å². The summed E-state index contributed by atoms with van der Waals surface area (Å²) in [4.78, 5) is 12.8. The highest BCUT2D eigenvalue weighted by Gasteiger charge is 2.05. The van der Waals surface area contributed by atoms with Crippen molar-refractivity contribution in [3.05, 3.63) is 50.1 Å². The molecule has 5 heteroatoms. The number of nitrogens with zero attached hydrogens (tertiary/aromatic N) is 2. The average molecular weight is 274 g/mol. The molecule has 2 aromatic rings. The first-order valence-corrected chi connectivity index (χ1v) is 6.78. The van der Waals surface area contributed by atoms with Gasteiger partial charge in [-0.15, -0.1) is 11.3 Å². The zero-order chi connectivity index (χ0) is 13.7. The molecule has 0 unspecified atom stereocenters. The summed E-state index contributed by atoms with van der Waals surface area (Å²) < 4.78 is 1.43. The molecule has 2 aromatic heterocycles. The SMILES string of the molecule is Cc1cnn(Cc2sccc2C#CCCO)c(=O)c1. The van der Waals surface area contributed by atoms with Gasteiger partial charge < -0.3 is 5.11 Å². The van der Waals surface area contributed by atoms with E-state index < -0.39 is 0 Å². The number of hydrogen-bond donors (Lipinski definition) is 1. The standard InChI is InChI=1S/C14H14N2O2S/c1-11-8-14(18)16(15-9-11)10-13-12(5-7-19-13)4-2-3-6-17/h5,7-9,17H,3,6,10H2,1H3. The molecule has 0 saturated carbocycles. The van der Waals surface area contributed by atoms with E-state index >= 15 is 0 Å². The fourth-order valence-electron chi connectivity index (χ4n) is 1.57. The molecule has 0 saturated heterocycles. The molecule has 0 spiro atoms. The molecule has 98 valence electrons. The van der Waals surface area contributed by atoms with Crippen LogP contribution in [0.25, 0.3) is 0 Å². The molecular weight excluding hydrogens is 260 g/mol. The van der Waals surface area contributed by atoms with Gasteiger partial charge in [0.05, 0.1) is 19.3 Å². The van der Waals surface area contributed by atoms with Crippen LogP contribution in [-0.4, -0.2) is 21.5 Å². The van der Waals surface area contributed by atoms with Crippen LogP contribution in [0.4, 0.5) is 0 Å². The van der Waals surface area contributed by atoms with Crippen LogP contribution in [0.1, 0.15) is 22.4 Å². The Morgan fingerprint density at radius 2 is 2.37 bits per heavy atom. The van der Waals surface area contributed by atoms with E-state index in [1.54, 1.807) is 23.6 Å². The highest BCUT2D eigenvalue weighted by molar-refractivity contribution is 7.10. The molecule has 4 nitrogen and oxygen atoms in total. The van der Waals surface area contributed by atoms with Gasteiger partial charge in [0.15, 0.2) is 0 Å². The summed E-state index contributed by atoms with van der Waals surface area (Å²) >= 11 is 1.55. The third-order valence-corrected chi connectivity index (χ3v) is 3.41. The third-order valence-electron chi connectivity index (χ3n) is 2.50. The van der Waals surface area contributed by atoms with Crippen molar-refractivity contribution in [1.29, 1.82) is 0 Å². The summed E-state index contributed by atoms with van der Waals surface area (Å²) in [5.74, 6) is 5.89. The van der Waals surface area contributed by atoms with E-state index in [0.717, 1.165) is 16.0 Å². The zero-order valence-corrected chi connectivity index (χ0v) is 11.4. The summed E-state index contributed by atoms with van der Waals surface area (Å²) in [6.45, 7) is 2.33. The molecule has 1 N–H and O–H groups in total. The summed E-state index contributed by atoms with van der Waals surface area (Å²) in [6, 6.07) is 3.49. The van der Waals surface area contributed by atoms with E-state index in [-0.39, 0.29) is 12.2 Å². The molecule has 2 rings (SSSR count). The number of aromatic nitrogens is 2. The topological polar surface area (TPSA) is 55.1 Å². The lowest BCUT2D eigenvalue weighted by Gasteiger charge is -2.03. The van der Waals surface area contributed by atoms with Gasteiger partial charge in [0.25, 0.3) is 5.56 Å². The van der Waals surface area contributed by atoms with Gasteiger partial charge in [-0.25, -0.2) is 4.68 Å². The minimum absolute atomic E-state index is 0.0610. The molecule has 0 aromatic carbocycles. The smallest absolute Gasteiger partial charge is 0.267 e. The molecule has 0 aliphatic carbocycles. The number of thiophene rings is 1. The highest BCUT2D eigenvalue weighted by Crippen LogP contribution is 2.16. The Labute approximate surface area is 115 Å². The summed E-state index contributed by atoms with van der Waals surface area (Å²) in [5, 5.41) is 14.8. The maximum absolute atomic E-state index is 11.8. The second-order valence-electron chi connectivity index (χ2n) is 4.06. The first kappa shape index (κ1) is 13.5. The minimum Gasteiger partial charge on any atom is -0.395 e. The van der Waals surface area contributed by atoms with E-state index in [4.69, 9.17) is 5.11 Å². The molecule has 0 radical (unpaired) electrons. The van der Waals surface area contributed by atoms with Crippen molar-refractivity contribution in [3.8, 4) is 11.8 Å². The van der Waals surface area contributed by atoms with Crippen LogP contribution in [0.2, 0.25) is 0 Å². The molecule has 19 heavy (non-hydrogen) atoms. The summed E-state index contributed by atoms with van der Waals surface area (Å²) in [6.07, 6.45) is 2.13. The van der Waals surface area contributed by atoms with Crippen molar-refractivity contribution in [2.45, 2.75) is 19.9 Å². The first-order chi connectivity index (χ1) is 9.20. The fraction of sp³-hybridized carbons (Fsp3) is 0.286. The van der Waals surface area contributed by atoms with E-state index in [1.807, 2.05) is 18.4 Å². The lowest BCUT2D eigenvalue weighted by atomic mass is 10.2. The Balaban J connectivity index is 2.23. The Bertz CT molecular complexity index is 676. The van der Waals surface area contributed by atoms with Gasteiger partial charge in [-0.3, -0.25) is 4.79 Å². The van der Waals surface area contributed by atoms with Crippen molar-refractivity contribution in [1.82, 2.24) is 9.78 Å². The molecule has 0 atom stereocenters. The molecule has 0 bridgehead atoms. The molecule has 0 aliphatic rings. The maximum atomic E-state index is 11.8. The van der Waals surface area contributed by atoms with Crippen LogP contribution in [-0.2, 0) is 6.54 Å². The average Bonchev–Trinajstić information content (AvgIpc) is 2.81. The van der Waals surface area contributed by atoms with Gasteiger partial charge in [-0.2, -0.15) is 5.10 Å². The van der Waals surface area contributed by atoms with Gasteiger partial charge in [-0.1, -0.05) is 11.8 Å². The zero-order valence-electron chi connectivity index (χ0n) is 10.6. The number of rotatable bonds is 3. The summed E-state index contributed by atoms with van der Waals surface area (Å²) in [5.41, 5.74) is 1.64. The Kier molecular flexibility index (Phi) is 4.50. The minimum atomic E-state index is -0.109. The normalized spacial score (nSPS) is 10.0. The lowest BCUT2D eigenvalue weighted by Crippen LogP contribution is -2.22. The van der Waals surface area contributed by atoms with Gasteiger partial charge in [0, 0.05) is 22.9 Å². The molecule has 0 fully saturated rings. The summed E-state index contributed by atoms with van der Waals surface area (Å²) in [7, 11) is 0. The van der Waals surface area contributed by atoms with Crippen LogP contribution < -0.4 is 5.56 Å².